The summed E-state index contributed by atoms with van der Waals surface area (Å²) in [5.74, 6) is 1.57. The van der Waals surface area contributed by atoms with Crippen LogP contribution in [0.15, 0.2) is 0 Å². The van der Waals surface area contributed by atoms with E-state index in [0.717, 1.165) is 38.0 Å². The van der Waals surface area contributed by atoms with E-state index in [2.05, 4.69) is 26.1 Å². The normalized spacial score (nSPS) is 27.6. The van der Waals surface area contributed by atoms with Gasteiger partial charge in [0.15, 0.2) is 0 Å². The Morgan fingerprint density at radius 2 is 2.00 bits per heavy atom. The van der Waals surface area contributed by atoms with Gasteiger partial charge in [0.05, 0.1) is 5.60 Å². The first-order valence-corrected chi connectivity index (χ1v) is 8.57. The van der Waals surface area contributed by atoms with Crippen LogP contribution in [0.5, 0.6) is 0 Å². The van der Waals surface area contributed by atoms with Crippen molar-refractivity contribution in [2.24, 2.45) is 23.5 Å². The highest BCUT2D eigenvalue weighted by atomic mass is 16.3. The van der Waals surface area contributed by atoms with Crippen molar-refractivity contribution in [2.45, 2.75) is 71.3 Å². The molecular weight excluding hydrogens is 264 g/mol. The minimum absolute atomic E-state index is 0.0251. The molecule has 0 spiro atoms. The summed E-state index contributed by atoms with van der Waals surface area (Å²) in [4.78, 5) is 12.0. The van der Waals surface area contributed by atoms with Crippen LogP contribution in [0.2, 0.25) is 0 Å². The third-order valence-corrected chi connectivity index (χ3v) is 4.84. The van der Waals surface area contributed by atoms with E-state index in [1.807, 2.05) is 0 Å². The summed E-state index contributed by atoms with van der Waals surface area (Å²) in [5, 5.41) is 13.5. The number of aliphatic hydroxyl groups is 1. The van der Waals surface area contributed by atoms with Crippen LogP contribution in [0.3, 0.4) is 0 Å². The number of nitrogens with two attached hydrogens (primary N) is 1. The van der Waals surface area contributed by atoms with Crippen LogP contribution < -0.4 is 11.1 Å². The third kappa shape index (κ3) is 6.79. The molecule has 1 saturated carbocycles. The molecule has 124 valence electrons. The standard InChI is InChI=1S/C17H34N2O2/c1-4-14-5-7-17(21,8-6-14)12-19-16(20)10-15(11-18)9-13(2)3/h13-15,21H,4-12,18H2,1-3H3,(H,19,20)/t14?,15-,17?/m0/s1. The molecule has 1 fully saturated rings. The van der Waals surface area contributed by atoms with Gasteiger partial charge in [-0.3, -0.25) is 4.79 Å². The Kier molecular flexibility index (Phi) is 7.67. The molecule has 0 aliphatic heterocycles. The van der Waals surface area contributed by atoms with Gasteiger partial charge in [0.1, 0.15) is 0 Å². The molecule has 4 heteroatoms. The zero-order valence-corrected chi connectivity index (χ0v) is 14.0. The molecule has 0 bridgehead atoms. The highest BCUT2D eigenvalue weighted by Crippen LogP contribution is 2.33. The molecule has 0 aromatic heterocycles. The van der Waals surface area contributed by atoms with Gasteiger partial charge >= 0.3 is 0 Å². The quantitative estimate of drug-likeness (QED) is 0.644. The smallest absolute Gasteiger partial charge is 0.220 e. The van der Waals surface area contributed by atoms with Crippen LogP contribution in [-0.4, -0.2) is 29.7 Å². The molecule has 1 amide bonds. The van der Waals surface area contributed by atoms with Gasteiger partial charge in [-0.05, 0) is 56.4 Å². The SMILES string of the molecule is CCC1CCC(O)(CNC(=O)C[C@@H](CN)CC(C)C)CC1. The molecule has 21 heavy (non-hydrogen) atoms. The molecule has 0 aromatic carbocycles. The van der Waals surface area contributed by atoms with E-state index in [9.17, 15) is 9.90 Å². The summed E-state index contributed by atoms with van der Waals surface area (Å²) in [6.45, 7) is 7.44. The zero-order chi connectivity index (χ0) is 15.9. The number of hydrogen-bond acceptors (Lipinski definition) is 3. The Balaban J connectivity index is 2.32. The Bertz CT molecular complexity index is 310. The highest BCUT2D eigenvalue weighted by Gasteiger charge is 2.32. The molecule has 0 radical (unpaired) electrons. The lowest BCUT2D eigenvalue weighted by Gasteiger charge is -2.36. The lowest BCUT2D eigenvalue weighted by molar-refractivity contribution is -0.123. The summed E-state index contributed by atoms with van der Waals surface area (Å²) < 4.78 is 0. The first kappa shape index (κ1) is 18.4. The van der Waals surface area contributed by atoms with E-state index in [4.69, 9.17) is 5.73 Å². The van der Waals surface area contributed by atoms with Gasteiger partial charge in [0.25, 0.3) is 0 Å². The average Bonchev–Trinajstić information content (AvgIpc) is 2.45. The van der Waals surface area contributed by atoms with E-state index in [1.165, 1.54) is 6.42 Å². The predicted molar refractivity (Wildman–Crippen MR) is 86.8 cm³/mol. The lowest BCUT2D eigenvalue weighted by Crippen LogP contribution is -2.45. The molecule has 1 atom stereocenters. The van der Waals surface area contributed by atoms with Crippen molar-refractivity contribution in [3.63, 3.8) is 0 Å². The van der Waals surface area contributed by atoms with Crippen molar-refractivity contribution in [1.82, 2.24) is 5.32 Å². The molecule has 4 N–H and O–H groups in total. The number of nitrogens with one attached hydrogen (secondary N) is 1. The van der Waals surface area contributed by atoms with Crippen molar-refractivity contribution in [2.75, 3.05) is 13.1 Å². The number of carbonyl (C=O) groups is 1. The summed E-state index contributed by atoms with van der Waals surface area (Å²) in [7, 11) is 0. The Morgan fingerprint density at radius 1 is 1.38 bits per heavy atom. The molecule has 1 aliphatic carbocycles. The first-order valence-electron chi connectivity index (χ1n) is 8.57. The zero-order valence-electron chi connectivity index (χ0n) is 14.0. The number of amides is 1. The topological polar surface area (TPSA) is 75.3 Å². The number of rotatable bonds is 8. The van der Waals surface area contributed by atoms with Crippen LogP contribution in [0.1, 0.15) is 65.7 Å². The number of carbonyl (C=O) groups excluding carboxylic acids is 1. The molecule has 0 aromatic rings. The lowest BCUT2D eigenvalue weighted by atomic mass is 9.78. The predicted octanol–water partition coefficient (Wildman–Crippen LogP) is 2.45. The molecular formula is C17H34N2O2. The molecule has 0 unspecified atom stereocenters. The van der Waals surface area contributed by atoms with Crippen LogP contribution in [0.4, 0.5) is 0 Å². The van der Waals surface area contributed by atoms with E-state index >= 15 is 0 Å². The fourth-order valence-electron chi connectivity index (χ4n) is 3.33. The second-order valence-corrected chi connectivity index (χ2v) is 7.29. The van der Waals surface area contributed by atoms with Gasteiger partial charge in [0, 0.05) is 13.0 Å². The van der Waals surface area contributed by atoms with Crippen molar-refractivity contribution in [1.29, 1.82) is 0 Å². The van der Waals surface area contributed by atoms with Gasteiger partial charge in [-0.15, -0.1) is 0 Å². The fraction of sp³-hybridized carbons (Fsp3) is 0.941. The minimum atomic E-state index is -0.697. The second-order valence-electron chi connectivity index (χ2n) is 7.29. The average molecular weight is 298 g/mol. The number of hydrogen-bond donors (Lipinski definition) is 3. The van der Waals surface area contributed by atoms with E-state index in [1.54, 1.807) is 0 Å². The molecule has 0 heterocycles. The van der Waals surface area contributed by atoms with Gasteiger partial charge in [-0.1, -0.05) is 27.2 Å². The van der Waals surface area contributed by atoms with Crippen LogP contribution in [0.25, 0.3) is 0 Å². The Hall–Kier alpha value is -0.610. The molecule has 1 rings (SSSR count). The maximum Gasteiger partial charge on any atom is 0.220 e. The second kappa shape index (κ2) is 8.74. The van der Waals surface area contributed by atoms with E-state index < -0.39 is 5.60 Å². The summed E-state index contributed by atoms with van der Waals surface area (Å²) >= 11 is 0. The molecule has 0 saturated heterocycles. The maximum absolute atomic E-state index is 12.0. The van der Waals surface area contributed by atoms with E-state index in [-0.39, 0.29) is 11.8 Å². The first-order chi connectivity index (χ1) is 9.88. The minimum Gasteiger partial charge on any atom is -0.388 e. The van der Waals surface area contributed by atoms with Crippen molar-refractivity contribution < 1.29 is 9.90 Å². The summed E-state index contributed by atoms with van der Waals surface area (Å²) in [6.07, 6.45) is 6.39. The van der Waals surface area contributed by atoms with Crippen LogP contribution >= 0.6 is 0 Å². The monoisotopic (exact) mass is 298 g/mol. The van der Waals surface area contributed by atoms with Crippen LogP contribution in [0, 0.1) is 17.8 Å². The maximum atomic E-state index is 12.0. The third-order valence-electron chi connectivity index (χ3n) is 4.84. The van der Waals surface area contributed by atoms with Gasteiger partial charge < -0.3 is 16.2 Å². The summed E-state index contributed by atoms with van der Waals surface area (Å²) in [6, 6.07) is 0. The molecule has 4 nitrogen and oxygen atoms in total. The van der Waals surface area contributed by atoms with Crippen molar-refractivity contribution in [3.05, 3.63) is 0 Å². The van der Waals surface area contributed by atoms with Crippen molar-refractivity contribution >= 4 is 5.91 Å². The molecule has 1 aliphatic rings. The fourth-order valence-corrected chi connectivity index (χ4v) is 3.33. The summed E-state index contributed by atoms with van der Waals surface area (Å²) in [5.41, 5.74) is 5.04. The van der Waals surface area contributed by atoms with E-state index in [0.29, 0.717) is 25.4 Å². The van der Waals surface area contributed by atoms with Crippen molar-refractivity contribution in [3.8, 4) is 0 Å². The van der Waals surface area contributed by atoms with Gasteiger partial charge in [0.2, 0.25) is 5.91 Å². The van der Waals surface area contributed by atoms with Gasteiger partial charge in [-0.2, -0.15) is 0 Å². The largest absolute Gasteiger partial charge is 0.388 e. The van der Waals surface area contributed by atoms with Gasteiger partial charge in [-0.25, -0.2) is 0 Å². The van der Waals surface area contributed by atoms with Crippen LogP contribution in [-0.2, 0) is 4.79 Å². The highest BCUT2D eigenvalue weighted by molar-refractivity contribution is 5.76. The Morgan fingerprint density at radius 3 is 2.48 bits per heavy atom. The Labute approximate surface area is 129 Å².